The van der Waals surface area contributed by atoms with Crippen LogP contribution in [0.3, 0.4) is 0 Å². The summed E-state index contributed by atoms with van der Waals surface area (Å²) in [6.45, 7) is 0.341. The molecule has 0 saturated heterocycles. The molecule has 3 rings (SSSR count). The Kier molecular flexibility index (Phi) is 5.20. The van der Waals surface area contributed by atoms with Crippen molar-refractivity contribution in [2.75, 3.05) is 7.11 Å². The van der Waals surface area contributed by atoms with Crippen molar-refractivity contribution in [3.8, 4) is 11.3 Å². The highest BCUT2D eigenvalue weighted by molar-refractivity contribution is 7.08. The number of rotatable bonds is 5. The van der Waals surface area contributed by atoms with E-state index in [4.69, 9.17) is 4.74 Å². The predicted molar refractivity (Wildman–Crippen MR) is 96.5 cm³/mol. The third-order valence-corrected chi connectivity index (χ3v) is 4.35. The van der Waals surface area contributed by atoms with Crippen LogP contribution in [0, 0.1) is 0 Å². The number of thiophene rings is 1. The van der Waals surface area contributed by atoms with Crippen molar-refractivity contribution < 1.29 is 14.3 Å². The summed E-state index contributed by atoms with van der Waals surface area (Å²) in [5.74, 6) is -0.857. The van der Waals surface area contributed by atoms with Gasteiger partial charge in [-0.3, -0.25) is 9.78 Å². The molecule has 0 saturated carbocycles. The number of methoxy groups -OCH3 is 1. The van der Waals surface area contributed by atoms with E-state index >= 15 is 0 Å². The molecule has 0 unspecified atom stereocenters. The average Bonchev–Trinajstić information content (AvgIpc) is 3.20. The van der Waals surface area contributed by atoms with Crippen LogP contribution in [0.15, 0.2) is 59.4 Å². The monoisotopic (exact) mass is 352 g/mol. The zero-order chi connectivity index (χ0) is 17.6. The largest absolute Gasteiger partial charge is 0.465 e. The van der Waals surface area contributed by atoms with Gasteiger partial charge in [0, 0.05) is 23.7 Å². The second-order valence-corrected chi connectivity index (χ2v) is 6.06. The molecule has 0 spiro atoms. The number of carbonyl (C=O) groups is 2. The highest BCUT2D eigenvalue weighted by Gasteiger charge is 2.16. The molecule has 1 N–H and O–H groups in total. The molecule has 2 heterocycles. The van der Waals surface area contributed by atoms with E-state index in [-0.39, 0.29) is 11.5 Å². The first-order valence-electron chi connectivity index (χ1n) is 7.62. The van der Waals surface area contributed by atoms with Crippen LogP contribution >= 0.6 is 11.3 Å². The van der Waals surface area contributed by atoms with Crippen molar-refractivity contribution in [2.24, 2.45) is 0 Å². The van der Waals surface area contributed by atoms with Gasteiger partial charge in [0.25, 0.3) is 5.91 Å². The lowest BCUT2D eigenvalue weighted by atomic mass is 10.1. The molecular formula is C19H16N2O3S. The number of pyridine rings is 1. The molecule has 3 aromatic rings. The van der Waals surface area contributed by atoms with Crippen molar-refractivity contribution in [3.05, 3.63) is 76.1 Å². The smallest absolute Gasteiger partial charge is 0.338 e. The van der Waals surface area contributed by atoms with Crippen molar-refractivity contribution in [1.29, 1.82) is 0 Å². The molecule has 25 heavy (non-hydrogen) atoms. The number of esters is 1. The summed E-state index contributed by atoms with van der Waals surface area (Å²) in [5, 5.41) is 6.86. The maximum atomic E-state index is 12.4. The van der Waals surface area contributed by atoms with E-state index in [1.807, 2.05) is 29.0 Å². The summed E-state index contributed by atoms with van der Waals surface area (Å²) in [6.07, 6.45) is 1.72. The van der Waals surface area contributed by atoms with Gasteiger partial charge in [-0.05, 0) is 41.3 Å². The van der Waals surface area contributed by atoms with Gasteiger partial charge in [0.05, 0.1) is 23.9 Å². The molecule has 5 nitrogen and oxygen atoms in total. The number of carbonyl (C=O) groups excluding carboxylic acids is 2. The van der Waals surface area contributed by atoms with Crippen LogP contribution in [-0.2, 0) is 11.3 Å². The molecule has 2 aromatic heterocycles. The minimum atomic E-state index is -0.533. The third-order valence-electron chi connectivity index (χ3n) is 3.67. The van der Waals surface area contributed by atoms with Gasteiger partial charge in [0.2, 0.25) is 0 Å². The normalized spacial score (nSPS) is 10.3. The van der Waals surface area contributed by atoms with E-state index in [9.17, 15) is 9.59 Å². The van der Waals surface area contributed by atoms with Crippen molar-refractivity contribution in [2.45, 2.75) is 6.54 Å². The van der Waals surface area contributed by atoms with Crippen LogP contribution in [0.2, 0.25) is 0 Å². The van der Waals surface area contributed by atoms with Gasteiger partial charge in [0.1, 0.15) is 0 Å². The fraction of sp³-hybridized carbons (Fsp3) is 0.105. The molecule has 0 radical (unpaired) electrons. The molecule has 1 amide bonds. The van der Waals surface area contributed by atoms with E-state index in [0.29, 0.717) is 12.1 Å². The minimum absolute atomic E-state index is 0.246. The molecule has 0 aliphatic rings. The Labute approximate surface area is 149 Å². The van der Waals surface area contributed by atoms with Gasteiger partial charge in [-0.2, -0.15) is 11.3 Å². The first-order chi connectivity index (χ1) is 12.2. The number of hydrogen-bond donors (Lipinski definition) is 1. The second kappa shape index (κ2) is 7.72. The summed E-state index contributed by atoms with van der Waals surface area (Å²) in [6, 6.07) is 12.4. The highest BCUT2D eigenvalue weighted by Crippen LogP contribution is 2.20. The van der Waals surface area contributed by atoms with Gasteiger partial charge in [-0.15, -0.1) is 0 Å². The number of benzene rings is 1. The average molecular weight is 352 g/mol. The summed E-state index contributed by atoms with van der Waals surface area (Å²) < 4.78 is 4.72. The summed E-state index contributed by atoms with van der Waals surface area (Å²) in [7, 11) is 1.29. The molecule has 126 valence electrons. The van der Waals surface area contributed by atoms with E-state index in [1.54, 1.807) is 41.8 Å². The Bertz CT molecular complexity index is 891. The van der Waals surface area contributed by atoms with Crippen molar-refractivity contribution >= 4 is 23.2 Å². The lowest BCUT2D eigenvalue weighted by Gasteiger charge is -2.09. The van der Waals surface area contributed by atoms with E-state index in [0.717, 1.165) is 16.8 Å². The van der Waals surface area contributed by atoms with Gasteiger partial charge in [-0.25, -0.2) is 4.79 Å². The Morgan fingerprint density at radius 1 is 1.16 bits per heavy atom. The summed E-state index contributed by atoms with van der Waals surface area (Å²) in [5.41, 5.74) is 3.38. The Hall–Kier alpha value is -2.99. The van der Waals surface area contributed by atoms with Crippen molar-refractivity contribution in [1.82, 2.24) is 10.3 Å². The number of amides is 1. The maximum absolute atomic E-state index is 12.4. The number of aromatic nitrogens is 1. The molecular weight excluding hydrogens is 336 g/mol. The SMILES string of the molecule is COC(=O)c1ccccc1C(=O)NCc1ccnc(-c2ccsc2)c1. The zero-order valence-electron chi connectivity index (χ0n) is 13.6. The van der Waals surface area contributed by atoms with Gasteiger partial charge in [-0.1, -0.05) is 12.1 Å². The summed E-state index contributed by atoms with van der Waals surface area (Å²) in [4.78, 5) is 28.6. The minimum Gasteiger partial charge on any atom is -0.465 e. The van der Waals surface area contributed by atoms with Crippen LogP contribution < -0.4 is 5.32 Å². The van der Waals surface area contributed by atoms with Gasteiger partial charge >= 0.3 is 5.97 Å². The second-order valence-electron chi connectivity index (χ2n) is 5.28. The first kappa shape index (κ1) is 16.9. The predicted octanol–water partition coefficient (Wildman–Crippen LogP) is 3.53. The fourth-order valence-corrected chi connectivity index (χ4v) is 3.05. The first-order valence-corrected chi connectivity index (χ1v) is 8.56. The summed E-state index contributed by atoms with van der Waals surface area (Å²) >= 11 is 1.61. The Morgan fingerprint density at radius 3 is 2.68 bits per heavy atom. The molecule has 0 aliphatic heterocycles. The van der Waals surface area contributed by atoms with Crippen molar-refractivity contribution in [3.63, 3.8) is 0 Å². The van der Waals surface area contributed by atoms with Crippen LogP contribution in [0.5, 0.6) is 0 Å². The lowest BCUT2D eigenvalue weighted by molar-refractivity contribution is 0.0596. The molecule has 0 atom stereocenters. The molecule has 0 bridgehead atoms. The maximum Gasteiger partial charge on any atom is 0.338 e. The molecule has 6 heteroatoms. The standard InChI is InChI=1S/C19H16N2O3S/c1-24-19(23)16-5-3-2-4-15(16)18(22)21-11-13-6-8-20-17(10-13)14-7-9-25-12-14/h2-10,12H,11H2,1H3,(H,21,22). The van der Waals surface area contributed by atoms with Crippen LogP contribution in [0.1, 0.15) is 26.3 Å². The molecule has 0 aliphatic carbocycles. The van der Waals surface area contributed by atoms with Gasteiger partial charge < -0.3 is 10.1 Å². The van der Waals surface area contributed by atoms with Crippen LogP contribution in [-0.4, -0.2) is 24.0 Å². The Morgan fingerprint density at radius 2 is 1.96 bits per heavy atom. The van der Waals surface area contributed by atoms with E-state index in [2.05, 4.69) is 10.3 Å². The van der Waals surface area contributed by atoms with Crippen LogP contribution in [0.4, 0.5) is 0 Å². The van der Waals surface area contributed by atoms with Crippen LogP contribution in [0.25, 0.3) is 11.3 Å². The van der Waals surface area contributed by atoms with E-state index < -0.39 is 5.97 Å². The number of hydrogen-bond acceptors (Lipinski definition) is 5. The Balaban J connectivity index is 1.73. The van der Waals surface area contributed by atoms with E-state index in [1.165, 1.54) is 7.11 Å². The third kappa shape index (κ3) is 3.92. The zero-order valence-corrected chi connectivity index (χ0v) is 14.4. The lowest BCUT2D eigenvalue weighted by Crippen LogP contribution is -2.25. The van der Waals surface area contributed by atoms with Gasteiger partial charge in [0.15, 0.2) is 0 Å². The topological polar surface area (TPSA) is 68.3 Å². The highest BCUT2D eigenvalue weighted by atomic mass is 32.1. The number of nitrogens with one attached hydrogen (secondary N) is 1. The fourth-order valence-electron chi connectivity index (χ4n) is 2.40. The number of ether oxygens (including phenoxy) is 1. The quantitative estimate of drug-likeness (QED) is 0.713. The molecule has 1 aromatic carbocycles. The molecule has 0 fully saturated rings. The number of nitrogens with zero attached hydrogens (tertiary/aromatic N) is 1.